The summed E-state index contributed by atoms with van der Waals surface area (Å²) >= 11 is 5.81. The van der Waals surface area contributed by atoms with E-state index in [0.29, 0.717) is 23.7 Å². The highest BCUT2D eigenvalue weighted by molar-refractivity contribution is 6.30. The molecule has 1 aliphatic rings. The van der Waals surface area contributed by atoms with Crippen LogP contribution in [0.3, 0.4) is 0 Å². The summed E-state index contributed by atoms with van der Waals surface area (Å²) in [7, 11) is 1.73. The van der Waals surface area contributed by atoms with Gasteiger partial charge in [-0.1, -0.05) is 11.6 Å². The monoisotopic (exact) mass is 366 g/mol. The van der Waals surface area contributed by atoms with Crippen LogP contribution >= 0.6 is 11.6 Å². The standard InChI is InChI=1S/C18H27ClN4O2/c1-20-18(22-9-2-12-25-13-14-3-4-14)23-11-10-21-17(24)15-5-7-16(19)8-6-15/h5-8,14H,2-4,9-13H2,1H3,(H,21,24)(H2,20,22,23). The third-order valence-electron chi connectivity index (χ3n) is 3.84. The van der Waals surface area contributed by atoms with Crippen molar-refractivity contribution in [1.29, 1.82) is 0 Å². The molecule has 7 heteroatoms. The van der Waals surface area contributed by atoms with Crippen LogP contribution in [0.15, 0.2) is 29.3 Å². The number of rotatable bonds is 10. The van der Waals surface area contributed by atoms with Gasteiger partial charge in [0.1, 0.15) is 0 Å². The number of nitrogens with zero attached hydrogens (tertiary/aromatic N) is 1. The van der Waals surface area contributed by atoms with Crippen LogP contribution in [0, 0.1) is 5.92 Å². The number of halogens is 1. The van der Waals surface area contributed by atoms with Crippen molar-refractivity contribution in [3.63, 3.8) is 0 Å². The molecule has 1 fully saturated rings. The summed E-state index contributed by atoms with van der Waals surface area (Å²) in [6, 6.07) is 6.82. The van der Waals surface area contributed by atoms with Crippen LogP contribution in [0.4, 0.5) is 0 Å². The number of carbonyl (C=O) groups excluding carboxylic acids is 1. The fourth-order valence-corrected chi connectivity index (χ4v) is 2.32. The van der Waals surface area contributed by atoms with Crippen LogP contribution in [0.1, 0.15) is 29.6 Å². The first-order chi connectivity index (χ1) is 12.2. The fraction of sp³-hybridized carbons (Fsp3) is 0.556. The quantitative estimate of drug-likeness (QED) is 0.336. The molecule has 1 aromatic rings. The molecule has 25 heavy (non-hydrogen) atoms. The third kappa shape index (κ3) is 8.23. The normalized spacial score (nSPS) is 14.2. The SMILES string of the molecule is CN=C(NCCCOCC1CC1)NCCNC(=O)c1ccc(Cl)cc1. The third-order valence-corrected chi connectivity index (χ3v) is 4.09. The molecule has 0 spiro atoms. The molecule has 3 N–H and O–H groups in total. The molecule has 0 aliphatic heterocycles. The first kappa shape index (κ1) is 19.5. The molecule has 1 amide bonds. The van der Waals surface area contributed by atoms with E-state index in [4.69, 9.17) is 16.3 Å². The second kappa shape index (κ2) is 10.9. The molecule has 1 aromatic carbocycles. The smallest absolute Gasteiger partial charge is 0.251 e. The topological polar surface area (TPSA) is 74.8 Å². The molecule has 2 rings (SSSR count). The average Bonchev–Trinajstić information content (AvgIpc) is 3.44. The van der Waals surface area contributed by atoms with Crippen molar-refractivity contribution in [2.45, 2.75) is 19.3 Å². The van der Waals surface area contributed by atoms with Crippen LogP contribution < -0.4 is 16.0 Å². The first-order valence-electron chi connectivity index (χ1n) is 8.75. The number of carbonyl (C=O) groups is 1. The number of aliphatic imine (C=N–C) groups is 1. The lowest BCUT2D eigenvalue weighted by Crippen LogP contribution is -2.42. The van der Waals surface area contributed by atoms with Crippen molar-refractivity contribution in [3.05, 3.63) is 34.9 Å². The molecule has 0 bridgehead atoms. The molecular weight excluding hydrogens is 340 g/mol. The van der Waals surface area contributed by atoms with E-state index < -0.39 is 0 Å². The van der Waals surface area contributed by atoms with E-state index in [1.54, 1.807) is 31.3 Å². The Morgan fingerprint density at radius 1 is 1.16 bits per heavy atom. The molecule has 0 heterocycles. The molecule has 0 unspecified atom stereocenters. The fourth-order valence-electron chi connectivity index (χ4n) is 2.20. The molecule has 0 radical (unpaired) electrons. The van der Waals surface area contributed by atoms with Crippen LogP contribution in [-0.2, 0) is 4.74 Å². The van der Waals surface area contributed by atoms with Gasteiger partial charge in [-0.25, -0.2) is 0 Å². The molecule has 1 aliphatic carbocycles. The van der Waals surface area contributed by atoms with Gasteiger partial charge in [-0.2, -0.15) is 0 Å². The lowest BCUT2D eigenvalue weighted by molar-refractivity contribution is 0.0954. The number of guanidine groups is 1. The second-order valence-electron chi connectivity index (χ2n) is 6.06. The Bertz CT molecular complexity index is 559. The number of hydrogen-bond acceptors (Lipinski definition) is 3. The van der Waals surface area contributed by atoms with Gasteiger partial charge in [-0.15, -0.1) is 0 Å². The summed E-state index contributed by atoms with van der Waals surface area (Å²) < 4.78 is 5.59. The van der Waals surface area contributed by atoms with Gasteiger partial charge in [-0.3, -0.25) is 9.79 Å². The van der Waals surface area contributed by atoms with Crippen molar-refractivity contribution in [3.8, 4) is 0 Å². The van der Waals surface area contributed by atoms with Gasteiger partial charge in [0.2, 0.25) is 0 Å². The van der Waals surface area contributed by atoms with Crippen molar-refractivity contribution in [2.75, 3.05) is 39.9 Å². The van der Waals surface area contributed by atoms with E-state index in [1.807, 2.05) is 0 Å². The Labute approximate surface area is 154 Å². The van der Waals surface area contributed by atoms with Gasteiger partial charge in [0.05, 0.1) is 0 Å². The van der Waals surface area contributed by atoms with E-state index >= 15 is 0 Å². The molecule has 138 valence electrons. The summed E-state index contributed by atoms with van der Waals surface area (Å²) in [6.07, 6.45) is 3.59. The summed E-state index contributed by atoms with van der Waals surface area (Å²) in [5.41, 5.74) is 0.595. The Morgan fingerprint density at radius 2 is 1.84 bits per heavy atom. The highest BCUT2D eigenvalue weighted by Crippen LogP contribution is 2.28. The number of benzene rings is 1. The number of ether oxygens (including phenoxy) is 1. The zero-order chi connectivity index (χ0) is 17.9. The van der Waals surface area contributed by atoms with Crippen LogP contribution in [0.2, 0.25) is 5.02 Å². The summed E-state index contributed by atoms with van der Waals surface area (Å²) in [5.74, 6) is 1.42. The highest BCUT2D eigenvalue weighted by atomic mass is 35.5. The van der Waals surface area contributed by atoms with Gasteiger partial charge < -0.3 is 20.7 Å². The van der Waals surface area contributed by atoms with E-state index in [1.165, 1.54) is 12.8 Å². The lowest BCUT2D eigenvalue weighted by atomic mass is 10.2. The number of hydrogen-bond donors (Lipinski definition) is 3. The minimum atomic E-state index is -0.116. The largest absolute Gasteiger partial charge is 0.381 e. The maximum absolute atomic E-state index is 12.0. The maximum atomic E-state index is 12.0. The van der Waals surface area contributed by atoms with Gasteiger partial charge in [0.15, 0.2) is 5.96 Å². The predicted octanol–water partition coefficient (Wildman–Crippen LogP) is 2.05. The summed E-state index contributed by atoms with van der Waals surface area (Å²) in [6.45, 7) is 3.59. The van der Waals surface area contributed by atoms with Crippen LogP contribution in [0.5, 0.6) is 0 Å². The minimum absolute atomic E-state index is 0.116. The molecule has 0 saturated heterocycles. The number of nitrogens with one attached hydrogen (secondary N) is 3. The second-order valence-corrected chi connectivity index (χ2v) is 6.50. The van der Waals surface area contributed by atoms with Crippen molar-refractivity contribution in [2.24, 2.45) is 10.9 Å². The van der Waals surface area contributed by atoms with E-state index in [2.05, 4.69) is 20.9 Å². The van der Waals surface area contributed by atoms with Gasteiger partial charge in [0, 0.05) is 50.5 Å². The molecule has 0 aromatic heterocycles. The average molecular weight is 367 g/mol. The molecule has 1 saturated carbocycles. The zero-order valence-electron chi connectivity index (χ0n) is 14.7. The molecular formula is C18H27ClN4O2. The van der Waals surface area contributed by atoms with Crippen molar-refractivity contribution < 1.29 is 9.53 Å². The molecule has 0 atom stereocenters. The van der Waals surface area contributed by atoms with Crippen LogP contribution in [-0.4, -0.2) is 51.8 Å². The minimum Gasteiger partial charge on any atom is -0.381 e. The number of amides is 1. The lowest BCUT2D eigenvalue weighted by Gasteiger charge is -2.12. The van der Waals surface area contributed by atoms with Gasteiger partial charge >= 0.3 is 0 Å². The van der Waals surface area contributed by atoms with Gasteiger partial charge in [0.25, 0.3) is 5.91 Å². The first-order valence-corrected chi connectivity index (χ1v) is 9.13. The van der Waals surface area contributed by atoms with E-state index in [-0.39, 0.29) is 5.91 Å². The zero-order valence-corrected chi connectivity index (χ0v) is 15.4. The van der Waals surface area contributed by atoms with Crippen molar-refractivity contribution >= 4 is 23.5 Å². The Hall–Kier alpha value is -1.79. The van der Waals surface area contributed by atoms with Crippen molar-refractivity contribution in [1.82, 2.24) is 16.0 Å². The molecule has 6 nitrogen and oxygen atoms in total. The van der Waals surface area contributed by atoms with E-state index in [0.717, 1.165) is 38.1 Å². The van der Waals surface area contributed by atoms with Crippen LogP contribution in [0.25, 0.3) is 0 Å². The highest BCUT2D eigenvalue weighted by Gasteiger charge is 2.20. The summed E-state index contributed by atoms with van der Waals surface area (Å²) in [5, 5.41) is 9.87. The Balaban J connectivity index is 1.51. The Kier molecular flexibility index (Phi) is 8.55. The Morgan fingerprint density at radius 3 is 2.52 bits per heavy atom. The maximum Gasteiger partial charge on any atom is 0.251 e. The summed E-state index contributed by atoms with van der Waals surface area (Å²) in [4.78, 5) is 16.1. The van der Waals surface area contributed by atoms with E-state index in [9.17, 15) is 4.79 Å². The van der Waals surface area contributed by atoms with Gasteiger partial charge in [-0.05, 0) is 49.4 Å². The predicted molar refractivity (Wildman–Crippen MR) is 101 cm³/mol.